The van der Waals surface area contributed by atoms with E-state index in [0.717, 1.165) is 38.2 Å². The molecule has 1 aromatic rings. The first-order chi connectivity index (χ1) is 10.7. The van der Waals surface area contributed by atoms with Crippen LogP contribution in [0.2, 0.25) is 0 Å². The predicted molar refractivity (Wildman–Crippen MR) is 84.2 cm³/mol. The summed E-state index contributed by atoms with van der Waals surface area (Å²) in [7, 11) is 0. The summed E-state index contributed by atoms with van der Waals surface area (Å²) in [4.78, 5) is 0. The molecule has 0 saturated carbocycles. The van der Waals surface area contributed by atoms with Crippen molar-refractivity contribution in [3.05, 3.63) is 29.3 Å². The topological polar surface area (TPSA) is 47.9 Å². The highest BCUT2D eigenvalue weighted by Crippen LogP contribution is 2.45. The Morgan fingerprint density at radius 2 is 1.91 bits per heavy atom. The van der Waals surface area contributed by atoms with E-state index in [1.807, 2.05) is 6.92 Å². The third-order valence-corrected chi connectivity index (χ3v) is 4.75. The van der Waals surface area contributed by atoms with E-state index in [-0.39, 0.29) is 19.0 Å². The molecule has 2 heterocycles. The molecule has 0 radical (unpaired) electrons. The fourth-order valence-corrected chi connectivity index (χ4v) is 3.61. The number of hydrogen-bond donors (Lipinski definition) is 1. The highest BCUT2D eigenvalue weighted by atomic mass is 16.7. The van der Waals surface area contributed by atoms with Gasteiger partial charge < -0.3 is 19.3 Å². The Morgan fingerprint density at radius 1 is 1.14 bits per heavy atom. The molecule has 1 fully saturated rings. The van der Waals surface area contributed by atoms with Crippen molar-refractivity contribution in [2.24, 2.45) is 5.92 Å². The van der Waals surface area contributed by atoms with E-state index in [4.69, 9.17) is 19.3 Å². The second-order valence-electron chi connectivity index (χ2n) is 6.36. The van der Waals surface area contributed by atoms with Gasteiger partial charge in [0.1, 0.15) is 11.9 Å². The first kappa shape index (κ1) is 15.8. The molecule has 3 rings (SSSR count). The number of para-hydroxylation sites is 1. The highest BCUT2D eigenvalue weighted by Gasteiger charge is 2.40. The zero-order chi connectivity index (χ0) is 15.5. The van der Waals surface area contributed by atoms with Gasteiger partial charge in [-0.15, -0.1) is 0 Å². The molecule has 1 unspecified atom stereocenters. The largest absolute Gasteiger partial charge is 0.489 e. The maximum Gasteiger partial charge on any atom is 0.154 e. The zero-order valence-electron chi connectivity index (χ0n) is 13.5. The number of aliphatic hydroxyl groups excluding tert-OH is 1. The molecule has 0 bridgehead atoms. The number of ether oxygens (including phenoxy) is 3. The van der Waals surface area contributed by atoms with E-state index >= 15 is 0 Å². The molecule has 0 aromatic heterocycles. The maximum absolute atomic E-state index is 8.95. The SMILES string of the molecule is CC1OCC(C2c3cccc(CCCCO)c3O[C@H]2C)CO1. The number of rotatable bonds is 5. The molecule has 0 amide bonds. The third kappa shape index (κ3) is 3.14. The monoisotopic (exact) mass is 306 g/mol. The Kier molecular flexibility index (Phi) is 5.01. The van der Waals surface area contributed by atoms with Crippen LogP contribution in [0.25, 0.3) is 0 Å². The van der Waals surface area contributed by atoms with E-state index in [0.29, 0.717) is 11.8 Å². The Hall–Kier alpha value is -1.10. The summed E-state index contributed by atoms with van der Waals surface area (Å²) < 4.78 is 17.5. The molecule has 122 valence electrons. The molecule has 4 nitrogen and oxygen atoms in total. The first-order valence-corrected chi connectivity index (χ1v) is 8.33. The van der Waals surface area contributed by atoms with Crippen molar-refractivity contribution in [2.75, 3.05) is 19.8 Å². The summed E-state index contributed by atoms with van der Waals surface area (Å²) >= 11 is 0. The summed E-state index contributed by atoms with van der Waals surface area (Å²) in [5, 5.41) is 8.95. The fraction of sp³-hybridized carbons (Fsp3) is 0.667. The molecular formula is C18H26O4. The average Bonchev–Trinajstić information content (AvgIpc) is 2.85. The van der Waals surface area contributed by atoms with Crippen molar-refractivity contribution in [3.8, 4) is 5.75 Å². The van der Waals surface area contributed by atoms with Crippen molar-refractivity contribution in [3.63, 3.8) is 0 Å². The summed E-state index contributed by atoms with van der Waals surface area (Å²) in [6.45, 7) is 5.80. The van der Waals surface area contributed by atoms with E-state index < -0.39 is 0 Å². The van der Waals surface area contributed by atoms with E-state index in [1.165, 1.54) is 11.1 Å². The average molecular weight is 306 g/mol. The van der Waals surface area contributed by atoms with Crippen LogP contribution in [-0.4, -0.2) is 37.3 Å². The Labute approximate surface area is 132 Å². The number of hydrogen-bond acceptors (Lipinski definition) is 4. The Bertz CT molecular complexity index is 494. The van der Waals surface area contributed by atoms with Crippen LogP contribution in [0, 0.1) is 5.92 Å². The van der Waals surface area contributed by atoms with Gasteiger partial charge in [-0.25, -0.2) is 0 Å². The molecule has 2 atom stereocenters. The van der Waals surface area contributed by atoms with E-state index in [1.54, 1.807) is 0 Å². The lowest BCUT2D eigenvalue weighted by Gasteiger charge is -2.32. The molecule has 22 heavy (non-hydrogen) atoms. The summed E-state index contributed by atoms with van der Waals surface area (Å²) in [6.07, 6.45) is 2.84. The van der Waals surface area contributed by atoms with E-state index in [9.17, 15) is 0 Å². The van der Waals surface area contributed by atoms with Crippen LogP contribution in [0.15, 0.2) is 18.2 Å². The molecule has 1 saturated heterocycles. The zero-order valence-corrected chi connectivity index (χ0v) is 13.5. The quantitative estimate of drug-likeness (QED) is 0.850. The number of aryl methyl sites for hydroxylation is 1. The lowest BCUT2D eigenvalue weighted by Crippen LogP contribution is -2.36. The number of aliphatic hydroxyl groups is 1. The van der Waals surface area contributed by atoms with Crippen LogP contribution >= 0.6 is 0 Å². The molecular weight excluding hydrogens is 280 g/mol. The number of unbranched alkanes of at least 4 members (excludes halogenated alkanes) is 1. The normalized spacial score (nSPS) is 30.9. The maximum atomic E-state index is 8.95. The second-order valence-corrected chi connectivity index (χ2v) is 6.36. The van der Waals surface area contributed by atoms with Crippen LogP contribution in [-0.2, 0) is 15.9 Å². The standard InChI is InChI=1S/C18H26O4/c1-12-17(15-10-20-13(2)21-11-15)16-8-5-7-14(18(16)22-12)6-3-4-9-19/h5,7-8,12-13,15,17,19H,3-4,6,9-11H2,1-2H3/t12-,13?,15?,17?/m0/s1. The summed E-state index contributed by atoms with van der Waals surface area (Å²) in [6, 6.07) is 6.44. The third-order valence-electron chi connectivity index (χ3n) is 4.75. The second kappa shape index (κ2) is 6.99. The van der Waals surface area contributed by atoms with Crippen molar-refractivity contribution in [2.45, 2.75) is 51.4 Å². The number of benzene rings is 1. The Morgan fingerprint density at radius 3 is 2.64 bits per heavy atom. The van der Waals surface area contributed by atoms with Gasteiger partial charge in [0.2, 0.25) is 0 Å². The Balaban J connectivity index is 1.78. The molecule has 1 aromatic carbocycles. The van der Waals surface area contributed by atoms with Gasteiger partial charge in [-0.2, -0.15) is 0 Å². The summed E-state index contributed by atoms with van der Waals surface area (Å²) in [5.74, 6) is 1.73. The minimum atomic E-state index is -0.0989. The van der Waals surface area contributed by atoms with E-state index in [2.05, 4.69) is 25.1 Å². The fourth-order valence-electron chi connectivity index (χ4n) is 3.61. The summed E-state index contributed by atoms with van der Waals surface area (Å²) in [5.41, 5.74) is 2.55. The minimum absolute atomic E-state index is 0.0989. The van der Waals surface area contributed by atoms with Gasteiger partial charge in [-0.1, -0.05) is 18.2 Å². The lowest BCUT2D eigenvalue weighted by atomic mass is 9.83. The van der Waals surface area contributed by atoms with Crippen LogP contribution in [0.1, 0.15) is 43.7 Å². The van der Waals surface area contributed by atoms with Gasteiger partial charge in [-0.3, -0.25) is 0 Å². The van der Waals surface area contributed by atoms with Crippen molar-refractivity contribution in [1.29, 1.82) is 0 Å². The van der Waals surface area contributed by atoms with Crippen molar-refractivity contribution < 1.29 is 19.3 Å². The number of fused-ring (bicyclic) bond motifs is 1. The molecule has 0 aliphatic carbocycles. The van der Waals surface area contributed by atoms with Crippen LogP contribution in [0.3, 0.4) is 0 Å². The van der Waals surface area contributed by atoms with Gasteiger partial charge >= 0.3 is 0 Å². The molecule has 0 spiro atoms. The van der Waals surface area contributed by atoms with Gasteiger partial charge in [0.15, 0.2) is 6.29 Å². The van der Waals surface area contributed by atoms with Gasteiger partial charge in [-0.05, 0) is 38.7 Å². The van der Waals surface area contributed by atoms with Crippen LogP contribution in [0.4, 0.5) is 0 Å². The van der Waals surface area contributed by atoms with Gasteiger partial charge in [0.25, 0.3) is 0 Å². The molecule has 4 heteroatoms. The highest BCUT2D eigenvalue weighted by molar-refractivity contribution is 5.47. The van der Waals surface area contributed by atoms with Gasteiger partial charge in [0, 0.05) is 24.0 Å². The smallest absolute Gasteiger partial charge is 0.154 e. The molecule has 2 aliphatic heterocycles. The lowest BCUT2D eigenvalue weighted by molar-refractivity contribution is -0.195. The minimum Gasteiger partial charge on any atom is -0.489 e. The van der Waals surface area contributed by atoms with Crippen LogP contribution < -0.4 is 4.74 Å². The molecule has 1 N–H and O–H groups in total. The molecule has 2 aliphatic rings. The van der Waals surface area contributed by atoms with Gasteiger partial charge in [0.05, 0.1) is 13.2 Å². The predicted octanol–water partition coefficient (Wildman–Crippen LogP) is 2.88. The van der Waals surface area contributed by atoms with Crippen LogP contribution in [0.5, 0.6) is 5.75 Å². The van der Waals surface area contributed by atoms with Crippen molar-refractivity contribution in [1.82, 2.24) is 0 Å². The first-order valence-electron chi connectivity index (χ1n) is 8.33. The van der Waals surface area contributed by atoms with Crippen molar-refractivity contribution >= 4 is 0 Å².